The van der Waals surface area contributed by atoms with Gasteiger partial charge in [-0.3, -0.25) is 14.5 Å². The Labute approximate surface area is 210 Å². The quantitative estimate of drug-likeness (QED) is 0.680. The maximum absolute atomic E-state index is 13.0. The molecule has 184 valence electrons. The molecule has 1 aromatic carbocycles. The van der Waals surface area contributed by atoms with Crippen LogP contribution in [-0.4, -0.2) is 65.5 Å². The number of anilines is 1. The summed E-state index contributed by atoms with van der Waals surface area (Å²) in [7, 11) is 0. The fourth-order valence-corrected chi connectivity index (χ4v) is 5.02. The molecule has 8 nitrogen and oxygen atoms in total. The number of pyridine rings is 1. The maximum atomic E-state index is 13.0. The average Bonchev–Trinajstić information content (AvgIpc) is 2.87. The molecule has 2 amide bonds. The third-order valence-electron chi connectivity index (χ3n) is 6.82. The second-order valence-corrected chi connectivity index (χ2v) is 9.67. The van der Waals surface area contributed by atoms with Crippen LogP contribution in [0.2, 0.25) is 5.02 Å². The van der Waals surface area contributed by atoms with E-state index in [1.54, 1.807) is 12.1 Å². The van der Waals surface area contributed by atoms with Gasteiger partial charge in [0.15, 0.2) is 0 Å². The third-order valence-corrected chi connectivity index (χ3v) is 7.04. The SMILES string of the molecule is Cc1c(CN2CCN(C(=O)C3CCOCC3)[C@@H](C)C2)cc(Cl)cc1NC(=O)c1ccnc(C#N)c1. The summed E-state index contributed by atoms with van der Waals surface area (Å²) in [6, 6.07) is 8.76. The summed E-state index contributed by atoms with van der Waals surface area (Å²) in [5.74, 6) is -0.00198. The van der Waals surface area contributed by atoms with Crippen LogP contribution in [0.1, 0.15) is 46.9 Å². The van der Waals surface area contributed by atoms with Crippen LogP contribution in [0.3, 0.4) is 0 Å². The second-order valence-electron chi connectivity index (χ2n) is 9.24. The van der Waals surface area contributed by atoms with E-state index in [1.807, 2.05) is 24.0 Å². The number of rotatable bonds is 5. The summed E-state index contributed by atoms with van der Waals surface area (Å²) < 4.78 is 5.41. The van der Waals surface area contributed by atoms with Crippen LogP contribution >= 0.6 is 11.6 Å². The number of piperazine rings is 1. The lowest BCUT2D eigenvalue weighted by molar-refractivity contribution is -0.143. The summed E-state index contributed by atoms with van der Waals surface area (Å²) in [6.45, 7) is 8.32. The van der Waals surface area contributed by atoms with Gasteiger partial charge < -0.3 is 15.0 Å². The van der Waals surface area contributed by atoms with Gasteiger partial charge in [0.2, 0.25) is 5.91 Å². The molecule has 0 bridgehead atoms. The number of amides is 2. The molecule has 0 spiro atoms. The lowest BCUT2D eigenvalue weighted by Gasteiger charge is -2.42. The van der Waals surface area contributed by atoms with E-state index in [4.69, 9.17) is 21.6 Å². The zero-order chi connectivity index (χ0) is 24.9. The number of aromatic nitrogens is 1. The smallest absolute Gasteiger partial charge is 0.255 e. The number of nitrogens with zero attached hydrogens (tertiary/aromatic N) is 4. The van der Waals surface area contributed by atoms with E-state index in [1.165, 1.54) is 12.3 Å². The molecule has 2 saturated heterocycles. The molecule has 2 aromatic rings. The Hall–Kier alpha value is -2.99. The molecule has 1 N–H and O–H groups in total. The molecular formula is C26H30ClN5O3. The van der Waals surface area contributed by atoms with Crippen molar-refractivity contribution in [3.8, 4) is 6.07 Å². The Morgan fingerprint density at radius 1 is 1.26 bits per heavy atom. The molecule has 0 radical (unpaired) electrons. The molecule has 0 unspecified atom stereocenters. The van der Waals surface area contributed by atoms with Gasteiger partial charge in [0.25, 0.3) is 5.91 Å². The molecule has 2 aliphatic rings. The Morgan fingerprint density at radius 3 is 2.74 bits per heavy atom. The van der Waals surface area contributed by atoms with Gasteiger partial charge in [-0.15, -0.1) is 0 Å². The van der Waals surface area contributed by atoms with Crippen LogP contribution in [0.15, 0.2) is 30.5 Å². The van der Waals surface area contributed by atoms with Gasteiger partial charge in [-0.1, -0.05) is 11.6 Å². The first-order chi connectivity index (χ1) is 16.9. The van der Waals surface area contributed by atoms with E-state index in [0.717, 1.165) is 37.1 Å². The van der Waals surface area contributed by atoms with Crippen LogP contribution in [0.4, 0.5) is 5.69 Å². The molecule has 3 heterocycles. The molecule has 9 heteroatoms. The van der Waals surface area contributed by atoms with E-state index in [0.29, 0.717) is 42.6 Å². The largest absolute Gasteiger partial charge is 0.381 e. The van der Waals surface area contributed by atoms with Crippen LogP contribution < -0.4 is 5.32 Å². The van der Waals surface area contributed by atoms with E-state index in [9.17, 15) is 9.59 Å². The summed E-state index contributed by atoms with van der Waals surface area (Å²) >= 11 is 6.41. The highest BCUT2D eigenvalue weighted by molar-refractivity contribution is 6.31. The molecule has 2 fully saturated rings. The van der Waals surface area contributed by atoms with Gasteiger partial charge in [-0.2, -0.15) is 5.26 Å². The Morgan fingerprint density at radius 2 is 2.03 bits per heavy atom. The number of carbonyl (C=O) groups is 2. The van der Waals surface area contributed by atoms with Crippen molar-refractivity contribution in [2.24, 2.45) is 5.92 Å². The maximum Gasteiger partial charge on any atom is 0.255 e. The molecule has 1 atom stereocenters. The Kier molecular flexibility index (Phi) is 8.01. The van der Waals surface area contributed by atoms with Crippen molar-refractivity contribution in [2.45, 2.75) is 39.3 Å². The summed E-state index contributed by atoms with van der Waals surface area (Å²) in [5, 5.41) is 12.5. The van der Waals surface area contributed by atoms with Crippen molar-refractivity contribution in [1.82, 2.24) is 14.8 Å². The predicted molar refractivity (Wildman–Crippen MR) is 133 cm³/mol. The number of halogens is 1. The molecule has 35 heavy (non-hydrogen) atoms. The van der Waals surface area contributed by atoms with E-state index in [2.05, 4.69) is 22.1 Å². The number of ether oxygens (including phenoxy) is 1. The highest BCUT2D eigenvalue weighted by atomic mass is 35.5. The van der Waals surface area contributed by atoms with Gasteiger partial charge in [0.05, 0.1) is 0 Å². The van der Waals surface area contributed by atoms with Crippen molar-refractivity contribution in [3.05, 3.63) is 57.9 Å². The van der Waals surface area contributed by atoms with Gasteiger partial charge >= 0.3 is 0 Å². The minimum atomic E-state index is -0.325. The molecule has 2 aliphatic heterocycles. The third kappa shape index (κ3) is 5.99. The highest BCUT2D eigenvalue weighted by Crippen LogP contribution is 2.28. The van der Waals surface area contributed by atoms with Gasteiger partial charge in [0.1, 0.15) is 11.8 Å². The van der Waals surface area contributed by atoms with Gasteiger partial charge in [0, 0.05) is 73.8 Å². The topological polar surface area (TPSA) is 98.6 Å². The molecule has 0 saturated carbocycles. The number of hydrogen-bond donors (Lipinski definition) is 1. The van der Waals surface area contributed by atoms with Crippen LogP contribution in [0.5, 0.6) is 0 Å². The number of nitriles is 1. The lowest BCUT2D eigenvalue weighted by atomic mass is 9.97. The van der Waals surface area contributed by atoms with Crippen molar-refractivity contribution < 1.29 is 14.3 Å². The van der Waals surface area contributed by atoms with E-state index >= 15 is 0 Å². The van der Waals surface area contributed by atoms with Crippen molar-refractivity contribution in [2.75, 3.05) is 38.2 Å². The predicted octanol–water partition coefficient (Wildman–Crippen LogP) is 3.63. The molecule has 0 aliphatic carbocycles. The summed E-state index contributed by atoms with van der Waals surface area (Å²) in [5.41, 5.74) is 3.14. The number of benzene rings is 1. The number of carbonyl (C=O) groups excluding carboxylic acids is 2. The average molecular weight is 496 g/mol. The second kappa shape index (κ2) is 11.2. The van der Waals surface area contributed by atoms with Crippen molar-refractivity contribution >= 4 is 29.1 Å². The zero-order valence-corrected chi connectivity index (χ0v) is 20.8. The van der Waals surface area contributed by atoms with E-state index in [-0.39, 0.29) is 29.5 Å². The highest BCUT2D eigenvalue weighted by Gasteiger charge is 2.32. The fraction of sp³-hybridized carbons (Fsp3) is 0.462. The summed E-state index contributed by atoms with van der Waals surface area (Å²) in [6.07, 6.45) is 3.05. The van der Waals surface area contributed by atoms with Crippen molar-refractivity contribution in [1.29, 1.82) is 5.26 Å². The summed E-state index contributed by atoms with van der Waals surface area (Å²) in [4.78, 5) is 34.0. The van der Waals surface area contributed by atoms with Crippen LogP contribution in [0.25, 0.3) is 0 Å². The zero-order valence-electron chi connectivity index (χ0n) is 20.1. The fourth-order valence-electron chi connectivity index (χ4n) is 4.78. The van der Waals surface area contributed by atoms with Crippen LogP contribution in [0, 0.1) is 24.2 Å². The number of nitrogens with one attached hydrogen (secondary N) is 1. The van der Waals surface area contributed by atoms with Gasteiger partial charge in [-0.05, 0) is 62.1 Å². The monoisotopic (exact) mass is 495 g/mol. The van der Waals surface area contributed by atoms with Crippen LogP contribution in [-0.2, 0) is 16.1 Å². The van der Waals surface area contributed by atoms with Crippen molar-refractivity contribution in [3.63, 3.8) is 0 Å². The minimum Gasteiger partial charge on any atom is -0.381 e. The van der Waals surface area contributed by atoms with Gasteiger partial charge in [-0.25, -0.2) is 4.98 Å². The standard InChI is InChI=1S/C26H30ClN5O3/c1-17-15-31(7-8-32(17)26(34)19-4-9-35-10-5-19)16-21-11-22(27)13-24(18(21)2)30-25(33)20-3-6-29-23(12-20)14-28/h3,6,11-13,17,19H,4-5,7-10,15-16H2,1-2H3,(H,30,33)/t17-/m0/s1. The Bertz CT molecular complexity index is 1140. The minimum absolute atomic E-state index is 0.0729. The normalized spacial score (nSPS) is 19.3. The first kappa shape index (κ1) is 25.1. The molecule has 1 aromatic heterocycles. The Balaban J connectivity index is 1.42. The first-order valence-corrected chi connectivity index (χ1v) is 12.3. The molecule has 4 rings (SSSR count). The first-order valence-electron chi connectivity index (χ1n) is 11.9. The molecular weight excluding hydrogens is 466 g/mol. The lowest BCUT2D eigenvalue weighted by Crippen LogP contribution is -2.55. The number of hydrogen-bond acceptors (Lipinski definition) is 6. The van der Waals surface area contributed by atoms with E-state index < -0.39 is 0 Å².